The van der Waals surface area contributed by atoms with Crippen molar-refractivity contribution in [2.24, 2.45) is 0 Å². The predicted molar refractivity (Wildman–Crippen MR) is 125 cm³/mol. The van der Waals surface area contributed by atoms with Crippen LogP contribution in [0, 0.1) is 0 Å². The summed E-state index contributed by atoms with van der Waals surface area (Å²) in [6, 6.07) is 17.1. The van der Waals surface area contributed by atoms with Gasteiger partial charge in [0, 0.05) is 23.3 Å². The summed E-state index contributed by atoms with van der Waals surface area (Å²) in [5.74, 6) is 0.266. The van der Waals surface area contributed by atoms with Crippen LogP contribution in [0.4, 0.5) is 24.8 Å². The normalized spacial score (nSPS) is 11.5. The van der Waals surface area contributed by atoms with Gasteiger partial charge in [0.05, 0.1) is 0 Å². The average molecular weight is 460 g/mol. The number of rotatable bonds is 10. The van der Waals surface area contributed by atoms with Crippen molar-refractivity contribution in [3.05, 3.63) is 71.9 Å². The molecule has 0 aliphatic carbocycles. The van der Waals surface area contributed by atoms with Crippen molar-refractivity contribution >= 4 is 23.4 Å². The lowest BCUT2D eigenvalue weighted by atomic mass is 10.1. The third-order valence-corrected chi connectivity index (χ3v) is 6.12. The fraction of sp³-hybridized carbons (Fsp3) is 0.360. The quantitative estimate of drug-likeness (QED) is 0.227. The first-order chi connectivity index (χ1) is 15.4. The van der Waals surface area contributed by atoms with Crippen LogP contribution in [0.15, 0.2) is 70.7 Å². The Balaban J connectivity index is 1.90. The summed E-state index contributed by atoms with van der Waals surface area (Å²) in [6.07, 6.45) is 2.09. The molecule has 0 radical (unpaired) electrons. The number of nitrogens with zero attached hydrogens (tertiary/aromatic N) is 3. The van der Waals surface area contributed by atoms with E-state index in [1.54, 1.807) is 24.3 Å². The molecular weight excluding hydrogens is 431 g/mol. The van der Waals surface area contributed by atoms with Crippen molar-refractivity contribution in [2.75, 3.05) is 11.4 Å². The van der Waals surface area contributed by atoms with Gasteiger partial charge in [-0.2, -0.15) is 13.2 Å². The maximum atomic E-state index is 13.6. The molecule has 1 heterocycles. The van der Waals surface area contributed by atoms with Gasteiger partial charge in [-0.15, -0.1) is 0 Å². The van der Waals surface area contributed by atoms with Crippen molar-refractivity contribution in [3.63, 3.8) is 0 Å². The summed E-state index contributed by atoms with van der Waals surface area (Å²) in [5.41, 5.74) is 1.27. The summed E-state index contributed by atoms with van der Waals surface area (Å²) in [6.45, 7) is 4.67. The Morgan fingerprint density at radius 2 is 1.72 bits per heavy atom. The van der Waals surface area contributed by atoms with E-state index in [4.69, 9.17) is 0 Å². The highest BCUT2D eigenvalue weighted by molar-refractivity contribution is 7.99. The Labute approximate surface area is 192 Å². The van der Waals surface area contributed by atoms with Crippen LogP contribution < -0.4 is 4.90 Å². The lowest BCUT2D eigenvalue weighted by Crippen LogP contribution is -2.20. The van der Waals surface area contributed by atoms with Crippen LogP contribution in [0.1, 0.15) is 50.7 Å². The highest BCUT2D eigenvalue weighted by Gasteiger charge is 2.35. The Morgan fingerprint density at radius 1 is 0.938 bits per heavy atom. The molecule has 0 saturated carbocycles. The van der Waals surface area contributed by atoms with Gasteiger partial charge >= 0.3 is 6.18 Å². The van der Waals surface area contributed by atoms with Gasteiger partial charge in [-0.25, -0.2) is 9.97 Å². The zero-order valence-corrected chi connectivity index (χ0v) is 19.2. The van der Waals surface area contributed by atoms with Crippen molar-refractivity contribution < 1.29 is 13.2 Å². The summed E-state index contributed by atoms with van der Waals surface area (Å²) in [7, 11) is 0. The van der Waals surface area contributed by atoms with Crippen LogP contribution in [-0.2, 0) is 12.6 Å². The van der Waals surface area contributed by atoms with E-state index in [0.29, 0.717) is 11.4 Å². The molecule has 0 aliphatic rings. The number of aromatic nitrogens is 2. The second-order valence-corrected chi connectivity index (χ2v) is 8.59. The van der Waals surface area contributed by atoms with Crippen LogP contribution in [0.25, 0.3) is 0 Å². The van der Waals surface area contributed by atoms with Gasteiger partial charge in [0.15, 0.2) is 0 Å². The zero-order chi connectivity index (χ0) is 23.0. The monoisotopic (exact) mass is 459 g/mol. The van der Waals surface area contributed by atoms with E-state index >= 15 is 0 Å². The van der Waals surface area contributed by atoms with E-state index < -0.39 is 11.7 Å². The maximum Gasteiger partial charge on any atom is 0.420 e. The van der Waals surface area contributed by atoms with Gasteiger partial charge in [0.2, 0.25) is 5.95 Å². The number of unbranched alkanes of at least 4 members (excludes halogenated alkanes) is 3. The van der Waals surface area contributed by atoms with Gasteiger partial charge < -0.3 is 4.90 Å². The Bertz CT molecular complexity index is 993. The minimum Gasteiger partial charge on any atom is -0.311 e. The molecule has 7 heteroatoms. The molecule has 0 spiro atoms. The Morgan fingerprint density at radius 3 is 2.41 bits per heavy atom. The topological polar surface area (TPSA) is 29.0 Å². The molecule has 0 amide bonds. The molecule has 1 aromatic heterocycles. The standard InChI is InChI=1S/C25H28F3N3S/c1-3-5-6-8-12-19-13-11-14-20(17-19)31(4-2)24-29-18-22(25(26,27)28)23(30-24)32-21-15-9-7-10-16-21/h7,9-11,13-18H,3-6,8,12H2,1-2H3. The maximum absolute atomic E-state index is 13.6. The number of hydrogen-bond donors (Lipinski definition) is 0. The van der Waals surface area contributed by atoms with E-state index in [0.717, 1.165) is 36.5 Å². The lowest BCUT2D eigenvalue weighted by Gasteiger charge is -2.23. The zero-order valence-electron chi connectivity index (χ0n) is 18.4. The van der Waals surface area contributed by atoms with E-state index in [2.05, 4.69) is 29.0 Å². The largest absolute Gasteiger partial charge is 0.420 e. The predicted octanol–water partition coefficient (Wildman–Crippen LogP) is 7.93. The van der Waals surface area contributed by atoms with Crippen molar-refractivity contribution in [1.82, 2.24) is 9.97 Å². The highest BCUT2D eigenvalue weighted by atomic mass is 32.2. The summed E-state index contributed by atoms with van der Waals surface area (Å²) >= 11 is 0.999. The number of hydrogen-bond acceptors (Lipinski definition) is 4. The van der Waals surface area contributed by atoms with Crippen LogP contribution in [-0.4, -0.2) is 16.5 Å². The van der Waals surface area contributed by atoms with Crippen LogP contribution in [0.5, 0.6) is 0 Å². The molecule has 3 aromatic rings. The van der Waals surface area contributed by atoms with Gasteiger partial charge in [-0.3, -0.25) is 0 Å². The van der Waals surface area contributed by atoms with Crippen molar-refractivity contribution in [3.8, 4) is 0 Å². The molecule has 3 rings (SSSR count). The Kier molecular flexibility index (Phi) is 8.56. The molecule has 0 fully saturated rings. The molecule has 0 saturated heterocycles. The number of aryl methyl sites for hydroxylation is 1. The Hall–Kier alpha value is -2.54. The molecule has 0 bridgehead atoms. The summed E-state index contributed by atoms with van der Waals surface area (Å²) in [5, 5.41) is -0.0946. The second-order valence-electron chi connectivity index (χ2n) is 7.53. The molecule has 2 aromatic carbocycles. The third kappa shape index (κ3) is 6.48. The van der Waals surface area contributed by atoms with Gasteiger partial charge in [-0.05, 0) is 49.6 Å². The van der Waals surface area contributed by atoms with E-state index in [1.165, 1.54) is 24.8 Å². The summed E-state index contributed by atoms with van der Waals surface area (Å²) < 4.78 is 40.8. The third-order valence-electron chi connectivity index (χ3n) is 5.10. The first-order valence-corrected chi connectivity index (χ1v) is 11.8. The smallest absolute Gasteiger partial charge is 0.311 e. The van der Waals surface area contributed by atoms with Crippen molar-refractivity contribution in [1.29, 1.82) is 0 Å². The first-order valence-electron chi connectivity index (χ1n) is 11.0. The van der Waals surface area contributed by atoms with E-state index in [9.17, 15) is 13.2 Å². The van der Waals surface area contributed by atoms with Crippen LogP contribution in [0.3, 0.4) is 0 Å². The van der Waals surface area contributed by atoms with Crippen LogP contribution in [0.2, 0.25) is 0 Å². The summed E-state index contributed by atoms with van der Waals surface area (Å²) in [4.78, 5) is 11.0. The fourth-order valence-corrected chi connectivity index (χ4v) is 4.36. The van der Waals surface area contributed by atoms with Gasteiger partial charge in [0.25, 0.3) is 0 Å². The highest BCUT2D eigenvalue weighted by Crippen LogP contribution is 2.39. The van der Waals surface area contributed by atoms with E-state index in [-0.39, 0.29) is 11.0 Å². The van der Waals surface area contributed by atoms with Gasteiger partial charge in [0.1, 0.15) is 10.6 Å². The van der Waals surface area contributed by atoms with E-state index in [1.807, 2.05) is 30.0 Å². The lowest BCUT2D eigenvalue weighted by molar-refractivity contribution is -0.140. The molecule has 32 heavy (non-hydrogen) atoms. The van der Waals surface area contributed by atoms with Crippen LogP contribution >= 0.6 is 11.8 Å². The molecule has 0 aliphatic heterocycles. The molecular formula is C25H28F3N3S. The van der Waals surface area contributed by atoms with Gasteiger partial charge in [-0.1, -0.05) is 68.3 Å². The fourth-order valence-electron chi connectivity index (χ4n) is 3.44. The molecule has 0 atom stereocenters. The number of anilines is 2. The SMILES string of the molecule is CCCCCCc1cccc(N(CC)c2ncc(C(F)(F)F)c(Sc3ccccc3)n2)c1. The average Bonchev–Trinajstić information content (AvgIpc) is 2.78. The number of benzene rings is 2. The number of alkyl halides is 3. The molecule has 0 N–H and O–H groups in total. The molecule has 0 unspecified atom stereocenters. The minimum absolute atomic E-state index is 0.0946. The first kappa shape index (κ1) is 24.1. The van der Waals surface area contributed by atoms with Crippen molar-refractivity contribution in [2.45, 2.75) is 62.0 Å². The minimum atomic E-state index is -4.52. The molecule has 170 valence electrons. The number of halogens is 3. The molecule has 3 nitrogen and oxygen atoms in total. The second kappa shape index (κ2) is 11.4.